The lowest BCUT2D eigenvalue weighted by Crippen LogP contribution is -2.09. The molecule has 0 heterocycles. The second-order valence-corrected chi connectivity index (χ2v) is 6.47. The lowest BCUT2D eigenvalue weighted by Gasteiger charge is -2.11. The van der Waals surface area contributed by atoms with E-state index in [9.17, 15) is 0 Å². The van der Waals surface area contributed by atoms with E-state index >= 15 is 0 Å². The molecule has 0 fully saturated rings. The van der Waals surface area contributed by atoms with E-state index in [1.54, 1.807) is 0 Å². The number of aryl methyl sites for hydroxylation is 1. The van der Waals surface area contributed by atoms with E-state index in [4.69, 9.17) is 20.0 Å². The maximum Gasteiger partial charge on any atom is 0.130 e. The predicted octanol–water partition coefficient (Wildman–Crippen LogP) is 5.70. The predicted molar refractivity (Wildman–Crippen MR) is 111 cm³/mol. The standard InChI is InChI=1S/C24H26N2O2/c1-2-3-4-5-8-20-11-13-23(14-12-20)27-15-16-28-24-10-7-6-9-22(24)17-21(18-25)19-26/h6-7,9-14,17H,2-5,8,15-16H2,1H3. The average Bonchev–Trinajstić information content (AvgIpc) is 2.74. The van der Waals surface area contributed by atoms with Crippen LogP contribution in [0.4, 0.5) is 0 Å². The first-order chi connectivity index (χ1) is 13.8. The van der Waals surface area contributed by atoms with Gasteiger partial charge in [-0.3, -0.25) is 0 Å². The molecule has 144 valence electrons. The number of para-hydroxylation sites is 1. The van der Waals surface area contributed by atoms with Crippen molar-refractivity contribution in [3.05, 3.63) is 65.2 Å². The molecule has 0 saturated carbocycles. The number of ether oxygens (including phenoxy) is 2. The molecule has 0 amide bonds. The van der Waals surface area contributed by atoms with Crippen LogP contribution >= 0.6 is 0 Å². The third-order valence-corrected chi connectivity index (χ3v) is 4.31. The molecule has 0 aromatic heterocycles. The summed E-state index contributed by atoms with van der Waals surface area (Å²) < 4.78 is 11.5. The van der Waals surface area contributed by atoms with Gasteiger partial charge in [-0.25, -0.2) is 0 Å². The summed E-state index contributed by atoms with van der Waals surface area (Å²) in [6.45, 7) is 3.01. The molecule has 0 radical (unpaired) electrons. The van der Waals surface area contributed by atoms with Gasteiger partial charge in [0.25, 0.3) is 0 Å². The summed E-state index contributed by atoms with van der Waals surface area (Å²) in [5.41, 5.74) is 2.08. The maximum absolute atomic E-state index is 8.91. The van der Waals surface area contributed by atoms with Crippen LogP contribution in [0.15, 0.2) is 54.1 Å². The Morgan fingerprint density at radius 2 is 1.61 bits per heavy atom. The summed E-state index contributed by atoms with van der Waals surface area (Å²) in [6.07, 6.45) is 7.71. The smallest absolute Gasteiger partial charge is 0.130 e. The van der Waals surface area contributed by atoms with Crippen molar-refractivity contribution >= 4 is 6.08 Å². The van der Waals surface area contributed by atoms with Crippen molar-refractivity contribution in [2.75, 3.05) is 13.2 Å². The number of nitriles is 2. The minimum absolute atomic E-state index is 0.0436. The van der Waals surface area contributed by atoms with E-state index in [-0.39, 0.29) is 5.57 Å². The fourth-order valence-electron chi connectivity index (χ4n) is 2.80. The van der Waals surface area contributed by atoms with Crippen LogP contribution in [0.25, 0.3) is 6.08 Å². The molecule has 0 aliphatic rings. The van der Waals surface area contributed by atoms with Crippen LogP contribution in [0.1, 0.15) is 43.7 Å². The highest BCUT2D eigenvalue weighted by Gasteiger charge is 2.03. The number of hydrogen-bond donors (Lipinski definition) is 0. The second-order valence-electron chi connectivity index (χ2n) is 6.47. The Bertz CT molecular complexity index is 826. The summed E-state index contributed by atoms with van der Waals surface area (Å²) in [7, 11) is 0. The number of nitrogens with zero attached hydrogens (tertiary/aromatic N) is 2. The van der Waals surface area contributed by atoms with E-state index in [0.717, 1.165) is 12.2 Å². The van der Waals surface area contributed by atoms with Crippen LogP contribution in [0.5, 0.6) is 11.5 Å². The molecule has 28 heavy (non-hydrogen) atoms. The Morgan fingerprint density at radius 3 is 2.32 bits per heavy atom. The van der Waals surface area contributed by atoms with Crippen molar-refractivity contribution in [1.82, 2.24) is 0 Å². The molecule has 2 aromatic rings. The first-order valence-corrected chi connectivity index (χ1v) is 9.72. The average molecular weight is 374 g/mol. The van der Waals surface area contributed by atoms with Crippen molar-refractivity contribution in [2.45, 2.75) is 39.0 Å². The normalized spacial score (nSPS) is 9.82. The van der Waals surface area contributed by atoms with Crippen molar-refractivity contribution in [3.63, 3.8) is 0 Å². The Labute approximate surface area is 167 Å². The van der Waals surface area contributed by atoms with Crippen LogP contribution in [0.3, 0.4) is 0 Å². The van der Waals surface area contributed by atoms with Crippen LogP contribution in [-0.2, 0) is 6.42 Å². The summed E-state index contributed by atoms with van der Waals surface area (Å²) in [4.78, 5) is 0. The van der Waals surface area contributed by atoms with Gasteiger partial charge in [0.2, 0.25) is 0 Å². The zero-order valence-electron chi connectivity index (χ0n) is 16.4. The summed E-state index contributed by atoms with van der Waals surface area (Å²) >= 11 is 0. The van der Waals surface area contributed by atoms with Gasteiger partial charge in [-0.1, -0.05) is 56.5 Å². The highest BCUT2D eigenvalue weighted by Crippen LogP contribution is 2.21. The van der Waals surface area contributed by atoms with E-state index in [1.807, 2.05) is 48.5 Å². The molecule has 0 spiro atoms. The van der Waals surface area contributed by atoms with Crippen LogP contribution in [0, 0.1) is 22.7 Å². The molecule has 2 rings (SSSR count). The first kappa shape index (κ1) is 21.1. The largest absolute Gasteiger partial charge is 0.490 e. The lowest BCUT2D eigenvalue weighted by molar-refractivity contribution is 0.217. The fourth-order valence-corrected chi connectivity index (χ4v) is 2.80. The molecule has 0 atom stereocenters. The zero-order valence-corrected chi connectivity index (χ0v) is 16.4. The number of hydrogen-bond acceptors (Lipinski definition) is 4. The van der Waals surface area contributed by atoms with Gasteiger partial charge in [-0.05, 0) is 42.7 Å². The molecule has 0 N–H and O–H groups in total. The zero-order chi connectivity index (χ0) is 20.0. The number of benzene rings is 2. The van der Waals surface area contributed by atoms with Crippen LogP contribution in [0.2, 0.25) is 0 Å². The summed E-state index contributed by atoms with van der Waals surface area (Å²) in [5, 5.41) is 17.8. The van der Waals surface area contributed by atoms with Crippen molar-refractivity contribution in [3.8, 4) is 23.6 Å². The van der Waals surface area contributed by atoms with Gasteiger partial charge >= 0.3 is 0 Å². The topological polar surface area (TPSA) is 66.0 Å². The molecule has 0 aliphatic heterocycles. The van der Waals surface area contributed by atoms with Gasteiger partial charge < -0.3 is 9.47 Å². The van der Waals surface area contributed by atoms with E-state index < -0.39 is 0 Å². The van der Waals surface area contributed by atoms with E-state index in [2.05, 4.69) is 19.1 Å². The fraction of sp³-hybridized carbons (Fsp3) is 0.333. The van der Waals surface area contributed by atoms with Gasteiger partial charge in [0.15, 0.2) is 0 Å². The third-order valence-electron chi connectivity index (χ3n) is 4.31. The quantitative estimate of drug-likeness (QED) is 0.374. The molecular formula is C24H26N2O2. The first-order valence-electron chi connectivity index (χ1n) is 9.72. The monoisotopic (exact) mass is 374 g/mol. The molecule has 0 saturated heterocycles. The molecule has 4 nitrogen and oxygen atoms in total. The molecule has 0 bridgehead atoms. The van der Waals surface area contributed by atoms with Crippen LogP contribution < -0.4 is 9.47 Å². The minimum atomic E-state index is 0.0436. The Morgan fingerprint density at radius 1 is 0.893 bits per heavy atom. The molecule has 2 aromatic carbocycles. The SMILES string of the molecule is CCCCCCc1ccc(OCCOc2ccccc2C=C(C#N)C#N)cc1. The molecular weight excluding hydrogens is 348 g/mol. The lowest BCUT2D eigenvalue weighted by atomic mass is 10.1. The Kier molecular flexibility index (Phi) is 9.18. The molecule has 0 unspecified atom stereocenters. The van der Waals surface area contributed by atoms with Crippen molar-refractivity contribution < 1.29 is 9.47 Å². The van der Waals surface area contributed by atoms with E-state index in [1.165, 1.54) is 37.3 Å². The molecule has 4 heteroatoms. The minimum Gasteiger partial charge on any atom is -0.490 e. The summed E-state index contributed by atoms with van der Waals surface area (Å²) in [6, 6.07) is 19.3. The highest BCUT2D eigenvalue weighted by atomic mass is 16.5. The van der Waals surface area contributed by atoms with Crippen molar-refractivity contribution in [2.24, 2.45) is 0 Å². The van der Waals surface area contributed by atoms with E-state index in [0.29, 0.717) is 24.5 Å². The van der Waals surface area contributed by atoms with Gasteiger partial charge in [-0.2, -0.15) is 10.5 Å². The van der Waals surface area contributed by atoms with Crippen molar-refractivity contribution in [1.29, 1.82) is 10.5 Å². The summed E-state index contributed by atoms with van der Waals surface area (Å²) in [5.74, 6) is 1.45. The number of unbranched alkanes of at least 4 members (excludes halogenated alkanes) is 3. The number of rotatable bonds is 11. The second kappa shape index (κ2) is 12.2. The number of allylic oxidation sites excluding steroid dienone is 1. The van der Waals surface area contributed by atoms with Gasteiger partial charge in [-0.15, -0.1) is 0 Å². The third kappa shape index (κ3) is 7.17. The molecule has 0 aliphatic carbocycles. The van der Waals surface area contributed by atoms with Gasteiger partial charge in [0.05, 0.1) is 0 Å². The van der Waals surface area contributed by atoms with Crippen LogP contribution in [-0.4, -0.2) is 13.2 Å². The highest BCUT2D eigenvalue weighted by molar-refractivity contribution is 5.66. The maximum atomic E-state index is 8.91. The Balaban J connectivity index is 1.80. The van der Waals surface area contributed by atoms with Gasteiger partial charge in [0, 0.05) is 5.56 Å². The Hall–Kier alpha value is -3.24. The van der Waals surface area contributed by atoms with Gasteiger partial charge in [0.1, 0.15) is 42.4 Å².